The fraction of sp³-hybridized carbons (Fsp3) is 0.391. The van der Waals surface area contributed by atoms with E-state index in [1.165, 1.54) is 0 Å². The number of fused-ring (bicyclic) bond motifs is 4. The summed E-state index contributed by atoms with van der Waals surface area (Å²) in [6.45, 7) is 2.94. The van der Waals surface area contributed by atoms with Gasteiger partial charge in [0.1, 0.15) is 0 Å². The zero-order valence-electron chi connectivity index (χ0n) is 17.1. The molecular formula is C23H24BrN3O3. The summed E-state index contributed by atoms with van der Waals surface area (Å²) in [6.07, 6.45) is 2.22. The molecule has 7 heteroatoms. The Hall–Kier alpha value is -2.54. The zero-order valence-corrected chi connectivity index (χ0v) is 18.7. The molecule has 0 aliphatic carbocycles. The minimum atomic E-state index is -0.574. The van der Waals surface area contributed by atoms with Gasteiger partial charge in [0, 0.05) is 49.3 Å². The normalized spacial score (nSPS) is 21.6. The van der Waals surface area contributed by atoms with Gasteiger partial charge >= 0.3 is 0 Å². The Kier molecular flexibility index (Phi) is 4.73. The van der Waals surface area contributed by atoms with Crippen molar-refractivity contribution in [3.63, 3.8) is 0 Å². The van der Waals surface area contributed by atoms with E-state index in [0.717, 1.165) is 39.2 Å². The number of hydrazone groups is 1. The van der Waals surface area contributed by atoms with Gasteiger partial charge < -0.3 is 14.4 Å². The van der Waals surface area contributed by atoms with Crippen LogP contribution in [0.2, 0.25) is 0 Å². The summed E-state index contributed by atoms with van der Waals surface area (Å²) in [6, 6.07) is 14.4. The number of hydrogen-bond donors (Lipinski definition) is 0. The number of nitrogens with zero attached hydrogens (tertiary/aromatic N) is 3. The molecule has 1 saturated heterocycles. The zero-order chi connectivity index (χ0) is 20.9. The average Bonchev–Trinajstić information content (AvgIpc) is 3.21. The van der Waals surface area contributed by atoms with Crippen molar-refractivity contribution in [1.29, 1.82) is 0 Å². The van der Waals surface area contributed by atoms with Crippen LogP contribution in [0.25, 0.3) is 0 Å². The smallest absolute Gasteiger partial charge is 0.219 e. The van der Waals surface area contributed by atoms with E-state index < -0.39 is 5.72 Å². The Balaban J connectivity index is 1.57. The van der Waals surface area contributed by atoms with Gasteiger partial charge in [-0.2, -0.15) is 5.10 Å². The second-order valence-electron chi connectivity index (χ2n) is 8.05. The molecule has 1 fully saturated rings. The molecular weight excluding hydrogens is 446 g/mol. The molecule has 0 radical (unpaired) electrons. The molecule has 0 saturated carbocycles. The van der Waals surface area contributed by atoms with Crippen LogP contribution in [0, 0.1) is 0 Å². The van der Waals surface area contributed by atoms with Gasteiger partial charge in [-0.15, -0.1) is 0 Å². The summed E-state index contributed by atoms with van der Waals surface area (Å²) in [5.74, 6) is 1.66. The molecule has 2 aromatic rings. The lowest BCUT2D eigenvalue weighted by atomic mass is 9.90. The molecule has 30 heavy (non-hydrogen) atoms. The molecule has 1 spiro atoms. The molecule has 1 amide bonds. The van der Waals surface area contributed by atoms with Gasteiger partial charge in [-0.25, -0.2) is 5.01 Å². The summed E-state index contributed by atoms with van der Waals surface area (Å²) in [7, 11) is 1.68. The van der Waals surface area contributed by atoms with E-state index in [1.807, 2.05) is 29.2 Å². The number of para-hydroxylation sites is 1. The van der Waals surface area contributed by atoms with Crippen LogP contribution in [0.15, 0.2) is 52.0 Å². The van der Waals surface area contributed by atoms with Crippen LogP contribution >= 0.6 is 15.9 Å². The van der Waals surface area contributed by atoms with Gasteiger partial charge in [0.2, 0.25) is 11.6 Å². The summed E-state index contributed by atoms with van der Waals surface area (Å²) in [5, 5.41) is 7.23. The first kappa shape index (κ1) is 19.4. The number of benzene rings is 2. The van der Waals surface area contributed by atoms with Crippen molar-refractivity contribution in [3.05, 3.63) is 58.1 Å². The first-order valence-electron chi connectivity index (χ1n) is 10.2. The second kappa shape index (κ2) is 7.30. The Bertz CT molecular complexity index is 1010. The predicted molar refractivity (Wildman–Crippen MR) is 118 cm³/mol. The molecule has 0 bridgehead atoms. The monoisotopic (exact) mass is 469 g/mol. The highest BCUT2D eigenvalue weighted by atomic mass is 79.9. The van der Waals surface area contributed by atoms with Crippen LogP contribution in [0.1, 0.15) is 43.4 Å². The van der Waals surface area contributed by atoms with Crippen LogP contribution in [0.5, 0.6) is 11.5 Å². The van der Waals surface area contributed by atoms with Crippen LogP contribution in [-0.4, -0.2) is 47.5 Å². The summed E-state index contributed by atoms with van der Waals surface area (Å²) >= 11 is 3.51. The van der Waals surface area contributed by atoms with Crippen molar-refractivity contribution >= 4 is 27.5 Å². The Labute approximate surface area is 184 Å². The molecule has 0 N–H and O–H groups in total. The molecule has 2 aromatic carbocycles. The number of likely N-dealkylation sites (tertiary alicyclic amines) is 1. The molecule has 6 nitrogen and oxygen atoms in total. The summed E-state index contributed by atoms with van der Waals surface area (Å²) < 4.78 is 13.4. The first-order chi connectivity index (χ1) is 14.5. The van der Waals surface area contributed by atoms with Gasteiger partial charge in [0.15, 0.2) is 11.5 Å². The van der Waals surface area contributed by atoms with Crippen LogP contribution in [-0.2, 0) is 4.79 Å². The number of amides is 1. The molecule has 1 atom stereocenters. The molecule has 0 aromatic heterocycles. The number of hydrogen-bond acceptors (Lipinski definition) is 5. The van der Waals surface area contributed by atoms with Crippen molar-refractivity contribution in [1.82, 2.24) is 9.91 Å². The molecule has 3 aliphatic rings. The number of ether oxygens (including phenoxy) is 2. The van der Waals surface area contributed by atoms with Crippen LogP contribution in [0.3, 0.4) is 0 Å². The molecule has 156 valence electrons. The van der Waals surface area contributed by atoms with E-state index in [9.17, 15) is 4.79 Å². The number of halogens is 1. The molecule has 1 unspecified atom stereocenters. The minimum Gasteiger partial charge on any atom is -0.493 e. The number of methoxy groups -OCH3 is 1. The average molecular weight is 470 g/mol. The second-order valence-corrected chi connectivity index (χ2v) is 8.97. The standard InChI is InChI=1S/C23H24BrN3O3/c1-15(28)26-12-10-23(11-13-26)27-20(18-4-3-5-21(29-2)22(18)30-23)14-19(25-27)16-6-8-17(24)9-7-16/h3-9,20H,10-14H2,1-2H3. The quantitative estimate of drug-likeness (QED) is 0.656. The Morgan fingerprint density at radius 2 is 1.93 bits per heavy atom. The van der Waals surface area contributed by atoms with Crippen molar-refractivity contribution in [3.8, 4) is 11.5 Å². The van der Waals surface area contributed by atoms with E-state index in [0.29, 0.717) is 25.9 Å². The Morgan fingerprint density at radius 1 is 1.20 bits per heavy atom. The molecule has 3 heterocycles. The highest BCUT2D eigenvalue weighted by Crippen LogP contribution is 2.52. The van der Waals surface area contributed by atoms with E-state index in [2.05, 4.69) is 39.1 Å². The van der Waals surface area contributed by atoms with Gasteiger partial charge in [0.25, 0.3) is 0 Å². The third-order valence-electron chi connectivity index (χ3n) is 6.38. The third-order valence-corrected chi connectivity index (χ3v) is 6.90. The fourth-order valence-electron chi connectivity index (χ4n) is 4.75. The van der Waals surface area contributed by atoms with Gasteiger partial charge in [0.05, 0.1) is 18.9 Å². The summed E-state index contributed by atoms with van der Waals surface area (Å²) in [5.41, 5.74) is 2.70. The van der Waals surface area contributed by atoms with Gasteiger partial charge in [-0.05, 0) is 23.8 Å². The summed E-state index contributed by atoms with van der Waals surface area (Å²) in [4.78, 5) is 13.8. The molecule has 5 rings (SSSR count). The lowest BCUT2D eigenvalue weighted by Gasteiger charge is -2.51. The van der Waals surface area contributed by atoms with Crippen LogP contribution in [0.4, 0.5) is 0 Å². The lowest BCUT2D eigenvalue weighted by Crippen LogP contribution is -2.59. The maximum atomic E-state index is 11.9. The van der Waals surface area contributed by atoms with Crippen molar-refractivity contribution in [2.75, 3.05) is 20.2 Å². The maximum absolute atomic E-state index is 11.9. The van der Waals surface area contributed by atoms with E-state index in [-0.39, 0.29) is 11.9 Å². The van der Waals surface area contributed by atoms with E-state index >= 15 is 0 Å². The van der Waals surface area contributed by atoms with Gasteiger partial charge in [-0.3, -0.25) is 4.79 Å². The Morgan fingerprint density at radius 3 is 2.60 bits per heavy atom. The minimum absolute atomic E-state index is 0.0892. The number of rotatable bonds is 2. The first-order valence-corrected chi connectivity index (χ1v) is 11.0. The third kappa shape index (κ3) is 3.07. The largest absolute Gasteiger partial charge is 0.493 e. The molecule has 3 aliphatic heterocycles. The number of piperidine rings is 1. The van der Waals surface area contributed by atoms with Crippen molar-refractivity contribution in [2.24, 2.45) is 5.10 Å². The van der Waals surface area contributed by atoms with Crippen molar-refractivity contribution in [2.45, 2.75) is 38.0 Å². The van der Waals surface area contributed by atoms with Gasteiger partial charge in [-0.1, -0.05) is 40.2 Å². The van der Waals surface area contributed by atoms with Crippen molar-refractivity contribution < 1.29 is 14.3 Å². The lowest BCUT2D eigenvalue weighted by molar-refractivity contribution is -0.159. The van der Waals surface area contributed by atoms with Crippen LogP contribution < -0.4 is 9.47 Å². The number of carbonyl (C=O) groups is 1. The highest BCUT2D eigenvalue weighted by Gasteiger charge is 2.52. The highest BCUT2D eigenvalue weighted by molar-refractivity contribution is 9.10. The van der Waals surface area contributed by atoms with E-state index in [1.54, 1.807) is 14.0 Å². The predicted octanol–water partition coefficient (Wildman–Crippen LogP) is 4.34. The topological polar surface area (TPSA) is 54.4 Å². The fourth-order valence-corrected chi connectivity index (χ4v) is 5.01. The number of carbonyl (C=O) groups excluding carboxylic acids is 1. The maximum Gasteiger partial charge on any atom is 0.219 e. The van der Waals surface area contributed by atoms with E-state index in [4.69, 9.17) is 14.6 Å². The SMILES string of the molecule is COc1cccc2c1OC1(CCN(C(C)=O)CC1)N1N=C(c3ccc(Br)cc3)CC21.